The SMILES string of the molecule is NC(CCC(=O)O)C(=O)NCC1(C(=O)O)CCC1. The summed E-state index contributed by atoms with van der Waals surface area (Å²) in [5.74, 6) is -2.42. The van der Waals surface area contributed by atoms with E-state index in [1.54, 1.807) is 0 Å². The van der Waals surface area contributed by atoms with Gasteiger partial charge in [-0.2, -0.15) is 0 Å². The first-order valence-electron chi connectivity index (χ1n) is 5.86. The summed E-state index contributed by atoms with van der Waals surface area (Å²) in [6, 6.07) is -0.910. The summed E-state index contributed by atoms with van der Waals surface area (Å²) in [6.45, 7) is 0.0575. The summed E-state index contributed by atoms with van der Waals surface area (Å²) in [5.41, 5.74) is 4.65. The highest BCUT2D eigenvalue weighted by Crippen LogP contribution is 2.40. The zero-order valence-corrected chi connectivity index (χ0v) is 10.0. The minimum absolute atomic E-state index is 0.0429. The summed E-state index contributed by atoms with van der Waals surface area (Å²) >= 11 is 0. The van der Waals surface area contributed by atoms with E-state index in [9.17, 15) is 14.4 Å². The molecule has 0 aromatic heterocycles. The van der Waals surface area contributed by atoms with E-state index < -0.39 is 29.3 Å². The van der Waals surface area contributed by atoms with E-state index in [-0.39, 0.29) is 19.4 Å². The fraction of sp³-hybridized carbons (Fsp3) is 0.727. The molecule has 1 aliphatic carbocycles. The predicted molar refractivity (Wildman–Crippen MR) is 61.8 cm³/mol. The van der Waals surface area contributed by atoms with Crippen molar-refractivity contribution in [2.75, 3.05) is 6.54 Å². The molecule has 0 aromatic carbocycles. The molecule has 0 heterocycles. The van der Waals surface area contributed by atoms with Crippen LogP contribution in [0.25, 0.3) is 0 Å². The van der Waals surface area contributed by atoms with E-state index >= 15 is 0 Å². The third kappa shape index (κ3) is 3.43. The van der Waals surface area contributed by atoms with Crippen LogP contribution in [-0.2, 0) is 14.4 Å². The number of nitrogens with one attached hydrogen (secondary N) is 1. The van der Waals surface area contributed by atoms with E-state index in [1.807, 2.05) is 0 Å². The molecule has 1 fully saturated rings. The van der Waals surface area contributed by atoms with Crippen LogP contribution < -0.4 is 11.1 Å². The number of carboxylic acid groups (broad SMARTS) is 2. The highest BCUT2D eigenvalue weighted by atomic mass is 16.4. The standard InChI is InChI=1S/C11H18N2O5/c12-7(2-3-8(14)15)9(16)13-6-11(10(17)18)4-1-5-11/h7H,1-6,12H2,(H,13,16)(H,14,15)(H,17,18). The molecule has 5 N–H and O–H groups in total. The van der Waals surface area contributed by atoms with Crippen LogP contribution in [0.5, 0.6) is 0 Å². The molecule has 1 atom stereocenters. The molecule has 0 radical (unpaired) electrons. The van der Waals surface area contributed by atoms with E-state index in [4.69, 9.17) is 15.9 Å². The smallest absolute Gasteiger partial charge is 0.311 e. The van der Waals surface area contributed by atoms with E-state index in [2.05, 4.69) is 5.32 Å². The highest BCUT2D eigenvalue weighted by molar-refractivity contribution is 5.83. The Morgan fingerprint density at radius 1 is 1.28 bits per heavy atom. The molecule has 1 rings (SSSR count). The van der Waals surface area contributed by atoms with Crippen LogP contribution in [0, 0.1) is 5.41 Å². The molecule has 0 bridgehead atoms. The van der Waals surface area contributed by atoms with Gasteiger partial charge in [0, 0.05) is 13.0 Å². The van der Waals surface area contributed by atoms with Gasteiger partial charge >= 0.3 is 11.9 Å². The number of carboxylic acids is 2. The van der Waals surface area contributed by atoms with Crippen molar-refractivity contribution in [3.05, 3.63) is 0 Å². The molecule has 102 valence electrons. The average molecular weight is 258 g/mol. The molecule has 0 aliphatic heterocycles. The zero-order valence-electron chi connectivity index (χ0n) is 10.0. The normalized spacial score (nSPS) is 18.5. The molecular formula is C11H18N2O5. The largest absolute Gasteiger partial charge is 0.481 e. The Bertz CT molecular complexity index is 351. The van der Waals surface area contributed by atoms with Gasteiger partial charge in [-0.1, -0.05) is 6.42 Å². The van der Waals surface area contributed by atoms with E-state index in [1.165, 1.54) is 0 Å². The van der Waals surface area contributed by atoms with Gasteiger partial charge in [0.1, 0.15) is 0 Å². The molecule has 1 saturated carbocycles. The van der Waals surface area contributed by atoms with Gasteiger partial charge < -0.3 is 21.3 Å². The van der Waals surface area contributed by atoms with Crippen molar-refractivity contribution in [2.45, 2.75) is 38.1 Å². The van der Waals surface area contributed by atoms with Crippen molar-refractivity contribution in [1.82, 2.24) is 5.32 Å². The zero-order chi connectivity index (χ0) is 13.8. The van der Waals surface area contributed by atoms with Crippen LogP contribution in [0.15, 0.2) is 0 Å². The maximum atomic E-state index is 11.5. The summed E-state index contributed by atoms with van der Waals surface area (Å²) in [4.78, 5) is 32.9. The summed E-state index contributed by atoms with van der Waals surface area (Å²) in [7, 11) is 0. The van der Waals surface area contributed by atoms with Crippen molar-refractivity contribution >= 4 is 17.8 Å². The van der Waals surface area contributed by atoms with Crippen molar-refractivity contribution in [3.63, 3.8) is 0 Å². The molecule has 7 nitrogen and oxygen atoms in total. The van der Waals surface area contributed by atoms with E-state index in [0.29, 0.717) is 12.8 Å². The Labute approximate surface area is 104 Å². The molecule has 0 saturated heterocycles. The Hall–Kier alpha value is -1.63. The Balaban J connectivity index is 2.36. The quantitative estimate of drug-likeness (QED) is 0.489. The van der Waals surface area contributed by atoms with E-state index in [0.717, 1.165) is 6.42 Å². The monoisotopic (exact) mass is 258 g/mol. The fourth-order valence-electron chi connectivity index (χ4n) is 1.87. The van der Waals surface area contributed by atoms with Gasteiger partial charge in [0.2, 0.25) is 5.91 Å². The van der Waals surface area contributed by atoms with Crippen LogP contribution in [0.3, 0.4) is 0 Å². The first-order valence-corrected chi connectivity index (χ1v) is 5.86. The minimum Gasteiger partial charge on any atom is -0.481 e. The Morgan fingerprint density at radius 2 is 1.89 bits per heavy atom. The van der Waals surface area contributed by atoms with Crippen molar-refractivity contribution < 1.29 is 24.6 Å². The van der Waals surface area contributed by atoms with Gasteiger partial charge in [-0.15, -0.1) is 0 Å². The number of nitrogens with two attached hydrogens (primary N) is 1. The second-order valence-electron chi connectivity index (χ2n) is 4.70. The molecule has 18 heavy (non-hydrogen) atoms. The predicted octanol–water partition coefficient (Wildman–Crippen LogP) is -0.450. The second-order valence-corrected chi connectivity index (χ2v) is 4.70. The summed E-state index contributed by atoms with van der Waals surface area (Å²) in [5, 5.41) is 20.0. The van der Waals surface area contributed by atoms with Gasteiger partial charge in [-0.25, -0.2) is 0 Å². The van der Waals surface area contributed by atoms with Gasteiger partial charge in [-0.3, -0.25) is 14.4 Å². The lowest BCUT2D eigenvalue weighted by atomic mass is 9.69. The number of rotatable bonds is 7. The van der Waals surface area contributed by atoms with Gasteiger partial charge in [0.15, 0.2) is 0 Å². The highest BCUT2D eigenvalue weighted by Gasteiger charge is 2.44. The number of carbonyl (C=O) groups excluding carboxylic acids is 1. The summed E-state index contributed by atoms with van der Waals surface area (Å²) in [6.07, 6.45) is 1.80. The number of amides is 1. The van der Waals surface area contributed by atoms with Crippen LogP contribution in [0.1, 0.15) is 32.1 Å². The number of hydrogen-bond donors (Lipinski definition) is 4. The Morgan fingerprint density at radius 3 is 2.28 bits per heavy atom. The molecule has 1 unspecified atom stereocenters. The second kappa shape index (κ2) is 5.81. The Kier molecular flexibility index (Phi) is 4.66. The van der Waals surface area contributed by atoms with Crippen LogP contribution in [0.4, 0.5) is 0 Å². The van der Waals surface area contributed by atoms with Gasteiger partial charge in [0.05, 0.1) is 11.5 Å². The topological polar surface area (TPSA) is 130 Å². The van der Waals surface area contributed by atoms with Crippen molar-refractivity contribution in [3.8, 4) is 0 Å². The third-order valence-corrected chi connectivity index (χ3v) is 3.37. The van der Waals surface area contributed by atoms with Crippen LogP contribution in [0.2, 0.25) is 0 Å². The molecule has 1 amide bonds. The average Bonchev–Trinajstić information content (AvgIpc) is 2.23. The fourth-order valence-corrected chi connectivity index (χ4v) is 1.87. The first kappa shape index (κ1) is 14.4. The van der Waals surface area contributed by atoms with Crippen molar-refractivity contribution in [2.24, 2.45) is 11.1 Å². The number of aliphatic carboxylic acids is 2. The lowest BCUT2D eigenvalue weighted by Gasteiger charge is -2.37. The maximum absolute atomic E-state index is 11.5. The molecule has 1 aliphatic rings. The lowest BCUT2D eigenvalue weighted by Crippen LogP contribution is -2.51. The minimum atomic E-state index is -1.01. The molecule has 0 aromatic rings. The van der Waals surface area contributed by atoms with Crippen LogP contribution >= 0.6 is 0 Å². The lowest BCUT2D eigenvalue weighted by molar-refractivity contribution is -0.154. The molecule has 7 heteroatoms. The number of hydrogen-bond acceptors (Lipinski definition) is 4. The number of carbonyl (C=O) groups is 3. The third-order valence-electron chi connectivity index (χ3n) is 3.37. The van der Waals surface area contributed by atoms with Gasteiger partial charge in [0.25, 0.3) is 0 Å². The van der Waals surface area contributed by atoms with Gasteiger partial charge in [-0.05, 0) is 19.3 Å². The molecular weight excluding hydrogens is 240 g/mol. The molecule has 0 spiro atoms. The first-order chi connectivity index (χ1) is 8.37. The van der Waals surface area contributed by atoms with Crippen molar-refractivity contribution in [1.29, 1.82) is 0 Å². The van der Waals surface area contributed by atoms with Crippen LogP contribution in [-0.4, -0.2) is 40.6 Å². The maximum Gasteiger partial charge on any atom is 0.311 e. The summed E-state index contributed by atoms with van der Waals surface area (Å²) < 4.78 is 0.